The highest BCUT2D eigenvalue weighted by Crippen LogP contribution is 2.11. The summed E-state index contributed by atoms with van der Waals surface area (Å²) in [5, 5.41) is 12.2. The molecule has 0 aromatic heterocycles. The predicted molar refractivity (Wildman–Crippen MR) is 85.1 cm³/mol. The molecule has 0 bridgehead atoms. The standard InChI is InChI=1S/C16H27N3O2/c1-11(2)15(19(3)4)10-18-16(21)14(17)9-12-5-7-13(20)8-6-12/h5-8,11,14-15,20H,9-10,17H2,1-4H3,(H,18,21)/t14-,15?/m0/s1. The molecular weight excluding hydrogens is 266 g/mol. The van der Waals surface area contributed by atoms with Gasteiger partial charge in [-0.05, 0) is 44.1 Å². The van der Waals surface area contributed by atoms with Gasteiger partial charge in [0.25, 0.3) is 0 Å². The van der Waals surface area contributed by atoms with Gasteiger partial charge in [0.1, 0.15) is 5.75 Å². The molecule has 1 aromatic carbocycles. The first-order chi connectivity index (χ1) is 9.81. The van der Waals surface area contributed by atoms with Crippen LogP contribution >= 0.6 is 0 Å². The van der Waals surface area contributed by atoms with Crippen LogP contribution in [0.3, 0.4) is 0 Å². The number of hydrogen-bond donors (Lipinski definition) is 3. The maximum Gasteiger partial charge on any atom is 0.237 e. The molecule has 0 fully saturated rings. The molecule has 4 N–H and O–H groups in total. The summed E-state index contributed by atoms with van der Waals surface area (Å²) < 4.78 is 0. The zero-order valence-electron chi connectivity index (χ0n) is 13.3. The monoisotopic (exact) mass is 293 g/mol. The second kappa shape index (κ2) is 8.00. The second-order valence-electron chi connectivity index (χ2n) is 6.00. The lowest BCUT2D eigenvalue weighted by Crippen LogP contribution is -2.48. The Morgan fingerprint density at radius 2 is 1.86 bits per heavy atom. The van der Waals surface area contributed by atoms with Crippen molar-refractivity contribution in [2.75, 3.05) is 20.6 Å². The van der Waals surface area contributed by atoms with Crippen molar-refractivity contribution in [3.63, 3.8) is 0 Å². The quantitative estimate of drug-likeness (QED) is 0.700. The number of amides is 1. The third-order valence-electron chi connectivity index (χ3n) is 3.65. The van der Waals surface area contributed by atoms with Crippen LogP contribution in [-0.2, 0) is 11.2 Å². The number of likely N-dealkylation sites (N-methyl/N-ethyl adjacent to an activating group) is 1. The van der Waals surface area contributed by atoms with E-state index >= 15 is 0 Å². The number of nitrogens with one attached hydrogen (secondary N) is 1. The van der Waals surface area contributed by atoms with Crippen molar-refractivity contribution in [3.8, 4) is 5.75 Å². The number of aromatic hydroxyl groups is 1. The molecule has 0 aliphatic rings. The van der Waals surface area contributed by atoms with E-state index in [4.69, 9.17) is 5.73 Å². The molecule has 0 saturated heterocycles. The van der Waals surface area contributed by atoms with Crippen LogP contribution in [0.2, 0.25) is 0 Å². The van der Waals surface area contributed by atoms with Gasteiger partial charge in [0.15, 0.2) is 0 Å². The molecule has 0 radical (unpaired) electrons. The lowest BCUT2D eigenvalue weighted by Gasteiger charge is -2.28. The summed E-state index contributed by atoms with van der Waals surface area (Å²) in [6.07, 6.45) is 0.459. The van der Waals surface area contributed by atoms with Crippen LogP contribution < -0.4 is 11.1 Å². The van der Waals surface area contributed by atoms with Crippen LogP contribution in [0.4, 0.5) is 0 Å². The zero-order chi connectivity index (χ0) is 16.0. The summed E-state index contributed by atoms with van der Waals surface area (Å²) >= 11 is 0. The predicted octanol–water partition coefficient (Wildman–Crippen LogP) is 0.964. The van der Waals surface area contributed by atoms with Crippen LogP contribution in [0.1, 0.15) is 19.4 Å². The van der Waals surface area contributed by atoms with Crippen molar-refractivity contribution in [3.05, 3.63) is 29.8 Å². The summed E-state index contributed by atoms with van der Waals surface area (Å²) in [5.74, 6) is 0.520. The zero-order valence-corrected chi connectivity index (χ0v) is 13.3. The SMILES string of the molecule is CC(C)C(CNC(=O)[C@@H](N)Cc1ccc(O)cc1)N(C)C. The first-order valence-electron chi connectivity index (χ1n) is 7.29. The molecule has 2 atom stereocenters. The molecule has 1 amide bonds. The summed E-state index contributed by atoms with van der Waals surface area (Å²) in [4.78, 5) is 14.2. The van der Waals surface area contributed by atoms with E-state index in [1.807, 2.05) is 14.1 Å². The lowest BCUT2D eigenvalue weighted by atomic mass is 10.0. The fraction of sp³-hybridized carbons (Fsp3) is 0.562. The number of nitrogens with two attached hydrogens (primary N) is 1. The highest BCUT2D eigenvalue weighted by atomic mass is 16.3. The number of phenols is 1. The maximum atomic E-state index is 12.1. The Hall–Kier alpha value is -1.59. The van der Waals surface area contributed by atoms with E-state index in [0.717, 1.165) is 5.56 Å². The molecule has 5 heteroatoms. The van der Waals surface area contributed by atoms with Crippen molar-refractivity contribution < 1.29 is 9.90 Å². The van der Waals surface area contributed by atoms with Crippen LogP contribution in [-0.4, -0.2) is 48.6 Å². The van der Waals surface area contributed by atoms with Gasteiger partial charge < -0.3 is 21.1 Å². The summed E-state index contributed by atoms with van der Waals surface area (Å²) in [7, 11) is 4.01. The summed E-state index contributed by atoms with van der Waals surface area (Å²) in [6, 6.07) is 6.46. The molecule has 21 heavy (non-hydrogen) atoms. The van der Waals surface area contributed by atoms with Crippen LogP contribution in [0.15, 0.2) is 24.3 Å². The van der Waals surface area contributed by atoms with Gasteiger partial charge in [0.05, 0.1) is 6.04 Å². The minimum Gasteiger partial charge on any atom is -0.508 e. The molecule has 1 unspecified atom stereocenters. The van der Waals surface area contributed by atoms with Gasteiger partial charge in [0, 0.05) is 12.6 Å². The Morgan fingerprint density at radius 3 is 2.33 bits per heavy atom. The molecule has 1 aromatic rings. The first kappa shape index (κ1) is 17.5. The molecule has 0 spiro atoms. The number of hydrogen-bond acceptors (Lipinski definition) is 4. The molecule has 0 heterocycles. The normalized spacial score (nSPS) is 14.2. The molecule has 5 nitrogen and oxygen atoms in total. The fourth-order valence-electron chi connectivity index (χ4n) is 2.33. The van der Waals surface area contributed by atoms with Crippen molar-refractivity contribution in [1.82, 2.24) is 10.2 Å². The van der Waals surface area contributed by atoms with E-state index in [0.29, 0.717) is 18.9 Å². The smallest absolute Gasteiger partial charge is 0.237 e. The number of rotatable bonds is 7. The average Bonchev–Trinajstić information content (AvgIpc) is 2.40. The molecule has 1 rings (SSSR count). The third kappa shape index (κ3) is 5.73. The van der Waals surface area contributed by atoms with E-state index in [9.17, 15) is 9.90 Å². The molecule has 0 aliphatic carbocycles. The summed E-state index contributed by atoms with van der Waals surface area (Å²) in [6.45, 7) is 4.85. The van der Waals surface area contributed by atoms with Crippen molar-refractivity contribution in [2.45, 2.75) is 32.4 Å². The lowest BCUT2D eigenvalue weighted by molar-refractivity contribution is -0.122. The van der Waals surface area contributed by atoms with Gasteiger partial charge in [0.2, 0.25) is 5.91 Å². The van der Waals surface area contributed by atoms with Gasteiger partial charge in [-0.1, -0.05) is 26.0 Å². The van der Waals surface area contributed by atoms with E-state index in [1.165, 1.54) is 0 Å². The first-order valence-corrected chi connectivity index (χ1v) is 7.29. The van der Waals surface area contributed by atoms with E-state index < -0.39 is 6.04 Å². The molecule has 0 aliphatic heterocycles. The fourth-order valence-corrected chi connectivity index (χ4v) is 2.33. The Morgan fingerprint density at radius 1 is 1.29 bits per heavy atom. The molecular formula is C16H27N3O2. The van der Waals surface area contributed by atoms with Crippen LogP contribution in [0, 0.1) is 5.92 Å². The van der Waals surface area contributed by atoms with E-state index in [1.54, 1.807) is 24.3 Å². The topological polar surface area (TPSA) is 78.6 Å². The number of carbonyl (C=O) groups is 1. The Balaban J connectivity index is 2.49. The van der Waals surface area contributed by atoms with Crippen molar-refractivity contribution in [2.24, 2.45) is 11.7 Å². The number of benzene rings is 1. The van der Waals surface area contributed by atoms with Gasteiger partial charge in [-0.25, -0.2) is 0 Å². The highest BCUT2D eigenvalue weighted by Gasteiger charge is 2.19. The Labute approximate surface area is 127 Å². The van der Waals surface area contributed by atoms with Crippen molar-refractivity contribution >= 4 is 5.91 Å². The third-order valence-corrected chi connectivity index (χ3v) is 3.65. The van der Waals surface area contributed by atoms with Gasteiger partial charge in [-0.2, -0.15) is 0 Å². The second-order valence-corrected chi connectivity index (χ2v) is 6.00. The largest absolute Gasteiger partial charge is 0.508 e. The average molecular weight is 293 g/mol. The Kier molecular flexibility index (Phi) is 6.65. The number of carbonyl (C=O) groups excluding carboxylic acids is 1. The maximum absolute atomic E-state index is 12.1. The summed E-state index contributed by atoms with van der Waals surface area (Å²) in [5.41, 5.74) is 6.87. The van der Waals surface area contributed by atoms with E-state index in [2.05, 4.69) is 24.1 Å². The van der Waals surface area contributed by atoms with Gasteiger partial charge in [-0.3, -0.25) is 4.79 Å². The van der Waals surface area contributed by atoms with Crippen molar-refractivity contribution in [1.29, 1.82) is 0 Å². The molecule has 0 saturated carbocycles. The molecule has 118 valence electrons. The number of nitrogens with zero attached hydrogens (tertiary/aromatic N) is 1. The number of phenolic OH excluding ortho intramolecular Hbond substituents is 1. The van der Waals surface area contributed by atoms with Crippen LogP contribution in [0.5, 0.6) is 5.75 Å². The van der Waals surface area contributed by atoms with E-state index in [-0.39, 0.29) is 17.7 Å². The van der Waals surface area contributed by atoms with Crippen LogP contribution in [0.25, 0.3) is 0 Å². The van der Waals surface area contributed by atoms with Gasteiger partial charge in [-0.15, -0.1) is 0 Å². The highest BCUT2D eigenvalue weighted by molar-refractivity contribution is 5.81. The Bertz CT molecular complexity index is 435. The van der Waals surface area contributed by atoms with Gasteiger partial charge >= 0.3 is 0 Å². The minimum atomic E-state index is -0.579. The minimum absolute atomic E-state index is 0.143.